The van der Waals surface area contributed by atoms with E-state index in [2.05, 4.69) is 9.97 Å². The Morgan fingerprint density at radius 1 is 1.04 bits per heavy atom. The summed E-state index contributed by atoms with van der Waals surface area (Å²) < 4.78 is 5.88. The maximum Gasteiger partial charge on any atom is 0.348 e. The molecular weight excluding hydrogens is 376 g/mol. The van der Waals surface area contributed by atoms with Gasteiger partial charge in [0.15, 0.2) is 0 Å². The Bertz CT molecular complexity index is 1130. The summed E-state index contributed by atoms with van der Waals surface area (Å²) >= 11 is 1.29. The van der Waals surface area contributed by atoms with Crippen molar-refractivity contribution in [1.29, 1.82) is 0 Å². The van der Waals surface area contributed by atoms with Crippen LogP contribution in [0.3, 0.4) is 0 Å². The number of aromatic nitrogens is 2. The molecule has 0 saturated carbocycles. The van der Waals surface area contributed by atoms with Crippen molar-refractivity contribution in [2.75, 3.05) is 0 Å². The number of esters is 1. The second-order valence-corrected chi connectivity index (χ2v) is 7.08. The van der Waals surface area contributed by atoms with Crippen molar-refractivity contribution >= 4 is 27.5 Å². The van der Waals surface area contributed by atoms with Crippen LogP contribution < -0.4 is 5.56 Å². The molecule has 0 aliphatic heterocycles. The summed E-state index contributed by atoms with van der Waals surface area (Å²) in [6, 6.07) is 18.9. The van der Waals surface area contributed by atoms with Gasteiger partial charge in [0, 0.05) is 0 Å². The number of thiophene rings is 1. The summed E-state index contributed by atoms with van der Waals surface area (Å²) in [5.74, 6) is -0.634. The first kappa shape index (κ1) is 18.1. The molecule has 140 valence electrons. The fourth-order valence-electron chi connectivity index (χ4n) is 2.99. The predicted octanol–water partition coefficient (Wildman–Crippen LogP) is 2.96. The molecule has 4 rings (SSSR count). The molecule has 0 fully saturated rings. The highest BCUT2D eigenvalue weighted by atomic mass is 32.1. The number of aromatic amines is 1. The number of rotatable bonds is 5. The Kier molecular flexibility index (Phi) is 4.77. The molecule has 2 N–H and O–H groups in total. The van der Waals surface area contributed by atoms with Gasteiger partial charge in [0.05, 0.1) is 5.52 Å². The van der Waals surface area contributed by atoms with Gasteiger partial charge in [-0.15, -0.1) is 11.3 Å². The van der Waals surface area contributed by atoms with Gasteiger partial charge in [-0.25, -0.2) is 9.78 Å². The number of hydrogen-bond acceptors (Lipinski definition) is 6. The smallest absolute Gasteiger partial charge is 0.348 e. The minimum Gasteiger partial charge on any atom is -0.455 e. The Labute approximate surface area is 164 Å². The Morgan fingerprint density at radius 3 is 2.25 bits per heavy atom. The monoisotopic (exact) mass is 392 g/mol. The summed E-state index contributed by atoms with van der Waals surface area (Å²) in [5, 5.41) is 13.1. The molecule has 2 aromatic carbocycles. The van der Waals surface area contributed by atoms with E-state index in [0.717, 1.165) is 0 Å². The lowest BCUT2D eigenvalue weighted by atomic mass is 9.86. The molecule has 0 atom stereocenters. The number of H-pyrrole nitrogens is 1. The molecule has 28 heavy (non-hydrogen) atoms. The van der Waals surface area contributed by atoms with Gasteiger partial charge in [0.25, 0.3) is 5.56 Å². The van der Waals surface area contributed by atoms with Crippen LogP contribution in [0.15, 0.2) is 76.9 Å². The summed E-state index contributed by atoms with van der Waals surface area (Å²) in [6.45, 7) is -0.262. The lowest BCUT2D eigenvalue weighted by molar-refractivity contribution is -0.163. The van der Waals surface area contributed by atoms with Crippen molar-refractivity contribution < 1.29 is 14.6 Å². The number of ether oxygens (including phenoxy) is 1. The minimum atomic E-state index is -1.98. The van der Waals surface area contributed by atoms with Crippen molar-refractivity contribution in [3.63, 3.8) is 0 Å². The molecule has 0 amide bonds. The Hall–Kier alpha value is -3.29. The standard InChI is InChI=1S/C21H16N2O4S/c24-19-18-16(11-12-28-18)22-17(23-19)13-27-20(25)21(26,14-7-3-1-4-8-14)15-9-5-2-6-10-15/h1-12,26H,13H2,(H,22,23,24). The molecule has 0 radical (unpaired) electrons. The number of carbonyl (C=O) groups is 1. The zero-order chi connectivity index (χ0) is 19.6. The first-order valence-corrected chi connectivity index (χ1v) is 9.44. The normalized spacial score (nSPS) is 11.5. The van der Waals surface area contributed by atoms with Crippen LogP contribution in [-0.4, -0.2) is 21.0 Å². The largest absolute Gasteiger partial charge is 0.455 e. The van der Waals surface area contributed by atoms with Gasteiger partial charge >= 0.3 is 5.97 Å². The molecule has 0 unspecified atom stereocenters. The topological polar surface area (TPSA) is 92.3 Å². The lowest BCUT2D eigenvalue weighted by Gasteiger charge is -2.27. The van der Waals surface area contributed by atoms with Gasteiger partial charge in [-0.3, -0.25) is 4.79 Å². The van der Waals surface area contributed by atoms with Crippen LogP contribution in [0.25, 0.3) is 10.2 Å². The molecule has 7 heteroatoms. The van der Waals surface area contributed by atoms with Crippen LogP contribution in [0, 0.1) is 0 Å². The van der Waals surface area contributed by atoms with Crippen molar-refractivity contribution in [2.45, 2.75) is 12.2 Å². The summed E-state index contributed by atoms with van der Waals surface area (Å²) in [6.07, 6.45) is 0. The van der Waals surface area contributed by atoms with E-state index in [1.807, 2.05) is 0 Å². The minimum absolute atomic E-state index is 0.215. The number of aliphatic hydroxyl groups is 1. The maximum absolute atomic E-state index is 12.9. The summed E-state index contributed by atoms with van der Waals surface area (Å²) in [4.78, 5) is 31.9. The third-order valence-corrected chi connectivity index (χ3v) is 5.28. The van der Waals surface area contributed by atoms with E-state index >= 15 is 0 Å². The van der Waals surface area contributed by atoms with E-state index in [1.54, 1.807) is 72.1 Å². The molecule has 2 heterocycles. The molecule has 6 nitrogen and oxygen atoms in total. The maximum atomic E-state index is 12.9. The van der Waals surface area contributed by atoms with E-state index in [0.29, 0.717) is 21.3 Å². The van der Waals surface area contributed by atoms with Crippen LogP contribution in [0.5, 0.6) is 0 Å². The van der Waals surface area contributed by atoms with Gasteiger partial charge in [-0.2, -0.15) is 0 Å². The first-order valence-electron chi connectivity index (χ1n) is 8.56. The van der Waals surface area contributed by atoms with Crippen molar-refractivity contribution in [1.82, 2.24) is 9.97 Å². The number of benzene rings is 2. The number of nitrogens with zero attached hydrogens (tertiary/aromatic N) is 1. The summed E-state index contributed by atoms with van der Waals surface area (Å²) in [7, 11) is 0. The Balaban J connectivity index is 1.65. The van der Waals surface area contributed by atoms with Crippen LogP contribution in [0.4, 0.5) is 0 Å². The van der Waals surface area contributed by atoms with Gasteiger partial charge in [0.2, 0.25) is 5.60 Å². The molecule has 0 aliphatic carbocycles. The van der Waals surface area contributed by atoms with Crippen molar-refractivity contribution in [3.05, 3.63) is 99.4 Å². The second kappa shape index (κ2) is 7.38. The highest BCUT2D eigenvalue weighted by Crippen LogP contribution is 2.31. The van der Waals surface area contributed by atoms with Crippen LogP contribution in [0.1, 0.15) is 17.0 Å². The first-order chi connectivity index (χ1) is 13.6. The third kappa shape index (κ3) is 3.21. The van der Waals surface area contributed by atoms with Crippen molar-refractivity contribution in [3.8, 4) is 0 Å². The fourth-order valence-corrected chi connectivity index (χ4v) is 3.71. The lowest BCUT2D eigenvalue weighted by Crippen LogP contribution is -2.38. The molecule has 2 aromatic heterocycles. The molecular formula is C21H16N2O4S. The third-order valence-electron chi connectivity index (χ3n) is 4.38. The van der Waals surface area contributed by atoms with E-state index in [-0.39, 0.29) is 18.0 Å². The number of nitrogens with one attached hydrogen (secondary N) is 1. The molecule has 0 spiro atoms. The molecule has 0 bridgehead atoms. The Morgan fingerprint density at radius 2 is 1.64 bits per heavy atom. The SMILES string of the molecule is O=C(OCc1nc2ccsc2c(=O)[nH]1)C(O)(c1ccccc1)c1ccccc1. The number of fused-ring (bicyclic) bond motifs is 1. The molecule has 4 aromatic rings. The van der Waals surface area contributed by atoms with Crippen LogP contribution in [0.2, 0.25) is 0 Å². The fraction of sp³-hybridized carbons (Fsp3) is 0.0952. The average molecular weight is 392 g/mol. The van der Waals surface area contributed by atoms with E-state index < -0.39 is 11.6 Å². The van der Waals surface area contributed by atoms with E-state index in [1.165, 1.54) is 11.3 Å². The molecule has 0 aliphatic rings. The van der Waals surface area contributed by atoms with Gasteiger partial charge in [-0.05, 0) is 22.6 Å². The van der Waals surface area contributed by atoms with E-state index in [9.17, 15) is 14.7 Å². The van der Waals surface area contributed by atoms with Gasteiger partial charge < -0.3 is 14.8 Å². The predicted molar refractivity (Wildman–Crippen MR) is 106 cm³/mol. The van der Waals surface area contributed by atoms with Crippen LogP contribution in [-0.2, 0) is 21.7 Å². The quantitative estimate of drug-likeness (QED) is 0.510. The number of carbonyl (C=O) groups excluding carboxylic acids is 1. The van der Waals surface area contributed by atoms with Crippen LogP contribution >= 0.6 is 11.3 Å². The van der Waals surface area contributed by atoms with Gasteiger partial charge in [0.1, 0.15) is 17.1 Å². The van der Waals surface area contributed by atoms with E-state index in [4.69, 9.17) is 4.74 Å². The highest BCUT2D eigenvalue weighted by Gasteiger charge is 2.41. The summed E-state index contributed by atoms with van der Waals surface area (Å²) in [5.41, 5.74) is -0.939. The zero-order valence-corrected chi connectivity index (χ0v) is 15.5. The van der Waals surface area contributed by atoms with Crippen molar-refractivity contribution in [2.24, 2.45) is 0 Å². The molecule has 0 saturated heterocycles. The highest BCUT2D eigenvalue weighted by molar-refractivity contribution is 7.17. The number of hydrogen-bond donors (Lipinski definition) is 2. The second-order valence-electron chi connectivity index (χ2n) is 6.17. The van der Waals surface area contributed by atoms with Gasteiger partial charge in [-0.1, -0.05) is 60.7 Å². The average Bonchev–Trinajstić information content (AvgIpc) is 3.22. The zero-order valence-electron chi connectivity index (χ0n) is 14.7.